The second-order valence-corrected chi connectivity index (χ2v) is 9.49. The zero-order valence-electron chi connectivity index (χ0n) is 21.8. The molecule has 0 spiro atoms. The first kappa shape index (κ1) is 29.4. The SMILES string of the molecule is CC(=O)CCCCCCC(=O)Nc1ccc(C(C(=O)Cc2ccc(F)cc2)C(=O)Nc2ccc(F)cc2)cc1. The van der Waals surface area contributed by atoms with Crippen LogP contribution in [0.4, 0.5) is 20.2 Å². The third kappa shape index (κ3) is 9.89. The lowest BCUT2D eigenvalue weighted by Crippen LogP contribution is -2.29. The van der Waals surface area contributed by atoms with E-state index in [1.807, 2.05) is 0 Å². The molecular formula is C31H32F2N2O4. The molecular weight excluding hydrogens is 502 g/mol. The van der Waals surface area contributed by atoms with Gasteiger partial charge in [0.2, 0.25) is 11.8 Å². The summed E-state index contributed by atoms with van der Waals surface area (Å²) in [4.78, 5) is 49.8. The van der Waals surface area contributed by atoms with Crippen LogP contribution in [0.1, 0.15) is 62.5 Å². The van der Waals surface area contributed by atoms with Gasteiger partial charge in [0.05, 0.1) is 0 Å². The van der Waals surface area contributed by atoms with Crippen molar-refractivity contribution in [2.45, 2.75) is 57.8 Å². The summed E-state index contributed by atoms with van der Waals surface area (Å²) in [5.41, 5.74) is 1.85. The van der Waals surface area contributed by atoms with Crippen molar-refractivity contribution in [1.29, 1.82) is 0 Å². The highest BCUT2D eigenvalue weighted by atomic mass is 19.1. The third-order valence-corrected chi connectivity index (χ3v) is 6.20. The van der Waals surface area contributed by atoms with Gasteiger partial charge in [-0.1, -0.05) is 37.1 Å². The van der Waals surface area contributed by atoms with Crippen LogP contribution in [0.15, 0.2) is 72.8 Å². The molecule has 3 rings (SSSR count). The topological polar surface area (TPSA) is 92.3 Å². The lowest BCUT2D eigenvalue weighted by atomic mass is 9.90. The molecule has 39 heavy (non-hydrogen) atoms. The average Bonchev–Trinajstić information content (AvgIpc) is 2.90. The molecule has 0 fully saturated rings. The van der Waals surface area contributed by atoms with Gasteiger partial charge in [-0.3, -0.25) is 14.4 Å². The second-order valence-electron chi connectivity index (χ2n) is 9.49. The van der Waals surface area contributed by atoms with Crippen molar-refractivity contribution in [3.8, 4) is 0 Å². The number of hydrogen-bond acceptors (Lipinski definition) is 4. The predicted octanol–water partition coefficient (Wildman–Crippen LogP) is 6.37. The number of nitrogens with one attached hydrogen (secondary N) is 2. The Morgan fingerprint density at radius 2 is 1.18 bits per heavy atom. The quantitative estimate of drug-likeness (QED) is 0.186. The molecule has 0 aliphatic carbocycles. The van der Waals surface area contributed by atoms with E-state index in [2.05, 4.69) is 10.6 Å². The molecule has 204 valence electrons. The minimum Gasteiger partial charge on any atom is -0.326 e. The summed E-state index contributed by atoms with van der Waals surface area (Å²) in [6.07, 6.45) is 4.12. The van der Waals surface area contributed by atoms with Gasteiger partial charge in [-0.05, 0) is 79.4 Å². The van der Waals surface area contributed by atoms with Crippen molar-refractivity contribution in [2.24, 2.45) is 0 Å². The maximum Gasteiger partial charge on any atom is 0.239 e. The fraction of sp³-hybridized carbons (Fsp3) is 0.290. The van der Waals surface area contributed by atoms with Gasteiger partial charge in [0.1, 0.15) is 23.3 Å². The van der Waals surface area contributed by atoms with Crippen LogP contribution in [-0.2, 0) is 25.6 Å². The molecule has 3 aromatic carbocycles. The van der Waals surface area contributed by atoms with E-state index in [1.165, 1.54) is 48.5 Å². The first-order valence-corrected chi connectivity index (χ1v) is 12.9. The second kappa shape index (κ2) is 14.7. The van der Waals surface area contributed by atoms with Crippen LogP contribution in [0.5, 0.6) is 0 Å². The molecule has 6 nitrogen and oxygen atoms in total. The lowest BCUT2D eigenvalue weighted by molar-refractivity contribution is -0.127. The number of anilines is 2. The summed E-state index contributed by atoms with van der Waals surface area (Å²) < 4.78 is 26.6. The van der Waals surface area contributed by atoms with Crippen molar-refractivity contribution in [3.05, 3.63) is 95.6 Å². The predicted molar refractivity (Wildman–Crippen MR) is 146 cm³/mol. The number of Topliss-reactive ketones (excluding diaryl/α,β-unsaturated/α-hetero) is 2. The number of benzene rings is 3. The molecule has 0 heterocycles. The van der Waals surface area contributed by atoms with Crippen molar-refractivity contribution in [3.63, 3.8) is 0 Å². The van der Waals surface area contributed by atoms with Gasteiger partial charge in [0.25, 0.3) is 0 Å². The maximum absolute atomic E-state index is 13.3. The largest absolute Gasteiger partial charge is 0.326 e. The first-order valence-electron chi connectivity index (χ1n) is 12.9. The highest BCUT2D eigenvalue weighted by molar-refractivity contribution is 6.12. The van der Waals surface area contributed by atoms with E-state index in [9.17, 15) is 28.0 Å². The Bertz CT molecular complexity index is 1210. The zero-order chi connectivity index (χ0) is 28.2. The Balaban J connectivity index is 1.66. The van der Waals surface area contributed by atoms with E-state index in [-0.39, 0.29) is 18.1 Å². The third-order valence-electron chi connectivity index (χ3n) is 6.20. The van der Waals surface area contributed by atoms with Gasteiger partial charge in [0.15, 0.2) is 5.78 Å². The Morgan fingerprint density at radius 3 is 1.77 bits per heavy atom. The number of hydrogen-bond donors (Lipinski definition) is 2. The molecule has 2 N–H and O–H groups in total. The summed E-state index contributed by atoms with van der Waals surface area (Å²) in [6.45, 7) is 1.57. The van der Waals surface area contributed by atoms with E-state index < -0.39 is 29.2 Å². The van der Waals surface area contributed by atoms with Gasteiger partial charge in [-0.2, -0.15) is 0 Å². The smallest absolute Gasteiger partial charge is 0.239 e. The zero-order valence-corrected chi connectivity index (χ0v) is 21.8. The van der Waals surface area contributed by atoms with Gasteiger partial charge in [0, 0.05) is 30.6 Å². The monoisotopic (exact) mass is 534 g/mol. The summed E-state index contributed by atoms with van der Waals surface area (Å²) in [5.74, 6) is -3.03. The van der Waals surface area contributed by atoms with Crippen LogP contribution in [-0.4, -0.2) is 23.4 Å². The molecule has 0 radical (unpaired) electrons. The average molecular weight is 535 g/mol. The van der Waals surface area contributed by atoms with E-state index in [0.717, 1.165) is 19.3 Å². The first-order chi connectivity index (χ1) is 18.7. The fourth-order valence-corrected chi connectivity index (χ4v) is 4.13. The molecule has 0 aromatic heterocycles. The number of unbranched alkanes of at least 4 members (excludes halogenated alkanes) is 3. The highest BCUT2D eigenvalue weighted by Crippen LogP contribution is 2.24. The minimum absolute atomic E-state index is 0.0906. The number of rotatable bonds is 14. The Morgan fingerprint density at radius 1 is 0.667 bits per heavy atom. The molecule has 0 saturated heterocycles. The molecule has 8 heteroatoms. The summed E-state index contributed by atoms with van der Waals surface area (Å²) in [7, 11) is 0. The molecule has 1 unspecified atom stereocenters. The molecule has 1 atom stereocenters. The molecule has 0 aliphatic heterocycles. The normalized spacial score (nSPS) is 11.5. The van der Waals surface area contributed by atoms with Crippen LogP contribution in [0.3, 0.4) is 0 Å². The molecule has 0 aliphatic rings. The van der Waals surface area contributed by atoms with Crippen LogP contribution >= 0.6 is 0 Å². The Labute approximate surface area is 226 Å². The summed E-state index contributed by atoms with van der Waals surface area (Å²) >= 11 is 0. The van der Waals surface area contributed by atoms with Crippen LogP contribution in [0.2, 0.25) is 0 Å². The number of carbonyl (C=O) groups excluding carboxylic acids is 4. The molecule has 3 aromatic rings. The Hall–Kier alpha value is -4.20. The van der Waals surface area contributed by atoms with Crippen LogP contribution in [0.25, 0.3) is 0 Å². The summed E-state index contributed by atoms with van der Waals surface area (Å²) in [6, 6.07) is 17.2. The standard InChI is InChI=1S/C31H32F2N2O4/c1-21(36)6-4-2-3-5-7-29(38)34-26-16-10-23(11-17-26)30(28(37)20-22-8-12-24(32)13-9-22)31(39)35-27-18-14-25(33)15-19-27/h8-19,30H,2-7,20H2,1H3,(H,34,38)(H,35,39). The summed E-state index contributed by atoms with van der Waals surface area (Å²) in [5, 5.41) is 5.48. The van der Waals surface area contributed by atoms with Crippen molar-refractivity contribution < 1.29 is 28.0 Å². The van der Waals surface area contributed by atoms with Crippen LogP contribution in [0, 0.1) is 11.6 Å². The van der Waals surface area contributed by atoms with E-state index >= 15 is 0 Å². The van der Waals surface area contributed by atoms with Gasteiger partial charge in [-0.25, -0.2) is 8.78 Å². The Kier molecular flexibility index (Phi) is 11.0. The number of carbonyl (C=O) groups is 4. The minimum atomic E-state index is -1.18. The highest BCUT2D eigenvalue weighted by Gasteiger charge is 2.28. The molecule has 0 saturated carbocycles. The molecule has 0 bridgehead atoms. The number of amides is 2. The fourth-order valence-electron chi connectivity index (χ4n) is 4.13. The van der Waals surface area contributed by atoms with Crippen molar-refractivity contribution in [1.82, 2.24) is 0 Å². The van der Waals surface area contributed by atoms with Crippen LogP contribution < -0.4 is 10.6 Å². The maximum atomic E-state index is 13.3. The van der Waals surface area contributed by atoms with E-state index in [0.29, 0.717) is 41.8 Å². The van der Waals surface area contributed by atoms with E-state index in [4.69, 9.17) is 0 Å². The van der Waals surface area contributed by atoms with Gasteiger partial charge >= 0.3 is 0 Å². The number of ketones is 2. The number of halogens is 2. The van der Waals surface area contributed by atoms with Gasteiger partial charge < -0.3 is 15.4 Å². The van der Waals surface area contributed by atoms with E-state index in [1.54, 1.807) is 31.2 Å². The van der Waals surface area contributed by atoms with Crippen molar-refractivity contribution >= 4 is 34.8 Å². The van der Waals surface area contributed by atoms with Crippen molar-refractivity contribution in [2.75, 3.05) is 10.6 Å². The van der Waals surface area contributed by atoms with Gasteiger partial charge in [-0.15, -0.1) is 0 Å². The molecule has 2 amide bonds. The lowest BCUT2D eigenvalue weighted by Gasteiger charge is -2.17.